The van der Waals surface area contributed by atoms with Crippen LogP contribution in [0, 0.1) is 0 Å². The van der Waals surface area contributed by atoms with Crippen LogP contribution in [-0.2, 0) is 10.9 Å². The zero-order chi connectivity index (χ0) is 24.8. The van der Waals surface area contributed by atoms with E-state index >= 15 is 0 Å². The summed E-state index contributed by atoms with van der Waals surface area (Å²) in [5.41, 5.74) is 1.03. The number of carbonyl (C=O) groups is 1. The lowest BCUT2D eigenvalue weighted by molar-refractivity contribution is -0.137. The molecule has 1 atom stereocenters. The van der Waals surface area contributed by atoms with Gasteiger partial charge in [0.2, 0.25) is 0 Å². The summed E-state index contributed by atoms with van der Waals surface area (Å²) in [7, 11) is 1.52. The molecule has 0 aliphatic carbocycles. The first-order valence-corrected chi connectivity index (χ1v) is 10.5. The quantitative estimate of drug-likeness (QED) is 0.309. The molecule has 6 nitrogen and oxygen atoms in total. The molecule has 0 saturated carbocycles. The Morgan fingerprint density at radius 1 is 0.971 bits per heavy atom. The molecule has 0 saturated heterocycles. The van der Waals surface area contributed by atoms with Crippen LogP contribution < -0.4 is 4.74 Å². The van der Waals surface area contributed by atoms with E-state index in [1.54, 1.807) is 54.6 Å². The van der Waals surface area contributed by atoms with Gasteiger partial charge in [-0.05, 0) is 53.6 Å². The van der Waals surface area contributed by atoms with Crippen LogP contribution in [0.4, 0.5) is 13.2 Å². The molecule has 0 fully saturated rings. The number of alkyl halides is 3. The number of nitrogens with zero attached hydrogens (tertiary/aromatic N) is 3. The minimum Gasteiger partial charge on any atom is -0.497 e. The molecule has 0 amide bonds. The molecule has 0 aliphatic heterocycles. The van der Waals surface area contributed by atoms with Crippen molar-refractivity contribution in [2.45, 2.75) is 12.3 Å². The number of hydrogen-bond acceptors (Lipinski definition) is 5. The number of aromatic nitrogens is 3. The summed E-state index contributed by atoms with van der Waals surface area (Å²) in [4.78, 5) is 17.0. The van der Waals surface area contributed by atoms with Crippen LogP contribution in [0.2, 0.25) is 0 Å². The second-order valence-corrected chi connectivity index (χ2v) is 7.45. The van der Waals surface area contributed by atoms with Gasteiger partial charge in [-0.25, -0.2) is 14.5 Å². The lowest BCUT2D eigenvalue weighted by Crippen LogP contribution is -2.17. The van der Waals surface area contributed by atoms with Gasteiger partial charge in [0.15, 0.2) is 6.10 Å². The van der Waals surface area contributed by atoms with Crippen molar-refractivity contribution >= 4 is 17.7 Å². The molecular formula is C26H20F3N3O3. The third-order valence-electron chi connectivity index (χ3n) is 5.16. The van der Waals surface area contributed by atoms with Gasteiger partial charge in [-0.15, -0.1) is 0 Å². The van der Waals surface area contributed by atoms with Gasteiger partial charge in [0, 0.05) is 0 Å². The summed E-state index contributed by atoms with van der Waals surface area (Å²) in [5.74, 6) is -0.00777. The van der Waals surface area contributed by atoms with Crippen LogP contribution in [0.3, 0.4) is 0 Å². The molecule has 0 radical (unpaired) electrons. The highest BCUT2D eigenvalue weighted by atomic mass is 19.4. The predicted octanol–water partition coefficient (Wildman–Crippen LogP) is 5.90. The molecule has 0 aliphatic rings. The third-order valence-corrected chi connectivity index (χ3v) is 5.16. The van der Waals surface area contributed by atoms with Crippen molar-refractivity contribution in [3.8, 4) is 5.75 Å². The van der Waals surface area contributed by atoms with Crippen LogP contribution in [0.5, 0.6) is 5.75 Å². The average Bonchev–Trinajstić information content (AvgIpc) is 3.41. The van der Waals surface area contributed by atoms with E-state index in [1.165, 1.54) is 36.6 Å². The van der Waals surface area contributed by atoms with E-state index in [1.807, 2.05) is 6.07 Å². The molecular weight excluding hydrogens is 459 g/mol. The van der Waals surface area contributed by atoms with Gasteiger partial charge in [-0.2, -0.15) is 18.3 Å². The van der Waals surface area contributed by atoms with E-state index in [0.717, 1.165) is 12.1 Å². The van der Waals surface area contributed by atoms with Crippen LogP contribution in [0.1, 0.15) is 33.2 Å². The lowest BCUT2D eigenvalue weighted by atomic mass is 10.0. The Labute approximate surface area is 199 Å². The number of ether oxygens (including phenoxy) is 2. The fraction of sp³-hybridized carbons (Fsp3) is 0.115. The molecule has 4 aromatic rings. The van der Waals surface area contributed by atoms with Crippen molar-refractivity contribution in [2.24, 2.45) is 0 Å². The monoisotopic (exact) mass is 479 g/mol. The van der Waals surface area contributed by atoms with E-state index in [4.69, 9.17) is 9.47 Å². The molecule has 35 heavy (non-hydrogen) atoms. The Morgan fingerprint density at radius 2 is 1.66 bits per heavy atom. The highest BCUT2D eigenvalue weighted by molar-refractivity contribution is 5.90. The molecule has 9 heteroatoms. The highest BCUT2D eigenvalue weighted by Crippen LogP contribution is 2.33. The second-order valence-electron chi connectivity index (χ2n) is 7.45. The maximum absolute atomic E-state index is 13.0. The lowest BCUT2D eigenvalue weighted by Gasteiger charge is -2.22. The third kappa shape index (κ3) is 5.75. The molecule has 1 unspecified atom stereocenters. The number of carbonyl (C=O) groups excluding carboxylic acids is 1. The molecule has 0 spiro atoms. The largest absolute Gasteiger partial charge is 0.497 e. The first-order chi connectivity index (χ1) is 16.8. The van der Waals surface area contributed by atoms with Crippen LogP contribution >= 0.6 is 0 Å². The average molecular weight is 479 g/mol. The summed E-state index contributed by atoms with van der Waals surface area (Å²) in [6.07, 6.45) is -1.04. The van der Waals surface area contributed by atoms with Gasteiger partial charge in [0.05, 0.1) is 23.9 Å². The summed E-state index contributed by atoms with van der Waals surface area (Å²) in [6.45, 7) is 0. The van der Waals surface area contributed by atoms with Crippen molar-refractivity contribution < 1.29 is 27.4 Å². The van der Waals surface area contributed by atoms with E-state index < -0.39 is 23.8 Å². The first-order valence-electron chi connectivity index (χ1n) is 10.5. The van der Waals surface area contributed by atoms with Crippen molar-refractivity contribution in [3.63, 3.8) is 0 Å². The summed E-state index contributed by atoms with van der Waals surface area (Å²) >= 11 is 0. The number of rotatable bonds is 7. The van der Waals surface area contributed by atoms with Gasteiger partial charge in [-0.1, -0.05) is 42.5 Å². The van der Waals surface area contributed by atoms with E-state index in [2.05, 4.69) is 10.1 Å². The number of esters is 1. The smallest absolute Gasteiger partial charge is 0.416 e. The summed E-state index contributed by atoms with van der Waals surface area (Å²) < 4.78 is 51.5. The molecule has 178 valence electrons. The SMILES string of the molecule is COc1ccc(C(=O)OC(/C(=C\c2ccc(C(F)(F)F)cc2)n2cncn2)c2ccccc2)cc1. The standard InChI is InChI=1S/C26H20F3N3O3/c1-34-22-13-9-20(10-14-22)25(33)35-24(19-5-3-2-4-6-19)23(32-17-30-16-31-32)15-18-7-11-21(12-8-18)26(27,28)29/h2-17,24H,1H3/b23-15+. The molecule has 1 heterocycles. The Hall–Kier alpha value is -4.40. The van der Waals surface area contributed by atoms with Crippen molar-refractivity contribution in [2.75, 3.05) is 7.11 Å². The first kappa shape index (κ1) is 23.7. The molecule has 0 bridgehead atoms. The normalized spacial score (nSPS) is 12.7. The zero-order valence-electron chi connectivity index (χ0n) is 18.5. The van der Waals surface area contributed by atoms with Gasteiger partial charge < -0.3 is 9.47 Å². The summed E-state index contributed by atoms with van der Waals surface area (Å²) in [6, 6.07) is 20.1. The maximum atomic E-state index is 13.0. The zero-order valence-corrected chi connectivity index (χ0v) is 18.5. The minimum absolute atomic E-state index is 0.305. The Morgan fingerprint density at radius 3 is 2.23 bits per heavy atom. The topological polar surface area (TPSA) is 66.2 Å². The molecule has 4 rings (SSSR count). The fourth-order valence-corrected chi connectivity index (χ4v) is 3.37. The molecule has 3 aromatic carbocycles. The van der Waals surface area contributed by atoms with Crippen molar-refractivity contribution in [1.29, 1.82) is 0 Å². The highest BCUT2D eigenvalue weighted by Gasteiger charge is 2.30. The Kier molecular flexibility index (Phi) is 6.96. The predicted molar refractivity (Wildman–Crippen MR) is 123 cm³/mol. The van der Waals surface area contributed by atoms with Gasteiger partial charge in [0.25, 0.3) is 0 Å². The Balaban J connectivity index is 1.75. The van der Waals surface area contributed by atoms with E-state index in [0.29, 0.717) is 28.1 Å². The molecule has 0 N–H and O–H groups in total. The van der Waals surface area contributed by atoms with Gasteiger partial charge >= 0.3 is 12.1 Å². The van der Waals surface area contributed by atoms with Crippen LogP contribution in [0.15, 0.2) is 91.5 Å². The van der Waals surface area contributed by atoms with Gasteiger partial charge in [-0.3, -0.25) is 0 Å². The van der Waals surface area contributed by atoms with Crippen LogP contribution in [-0.4, -0.2) is 27.8 Å². The number of benzene rings is 3. The van der Waals surface area contributed by atoms with E-state index in [-0.39, 0.29) is 0 Å². The van der Waals surface area contributed by atoms with Crippen molar-refractivity contribution in [1.82, 2.24) is 14.8 Å². The number of methoxy groups -OCH3 is 1. The maximum Gasteiger partial charge on any atom is 0.416 e. The van der Waals surface area contributed by atoms with Crippen molar-refractivity contribution in [3.05, 3.63) is 114 Å². The number of hydrogen-bond donors (Lipinski definition) is 0. The van der Waals surface area contributed by atoms with E-state index in [9.17, 15) is 18.0 Å². The second kappa shape index (κ2) is 10.3. The summed E-state index contributed by atoms with van der Waals surface area (Å²) in [5, 5.41) is 4.17. The van der Waals surface area contributed by atoms with Gasteiger partial charge in [0.1, 0.15) is 18.4 Å². The van der Waals surface area contributed by atoms with Crippen LogP contribution in [0.25, 0.3) is 11.8 Å². The fourth-order valence-electron chi connectivity index (χ4n) is 3.37. The number of halogens is 3. The Bertz CT molecular complexity index is 1290. The minimum atomic E-state index is -4.45. The molecule has 1 aromatic heterocycles.